The monoisotopic (exact) mass is 414 g/mol. The second-order valence-corrected chi connectivity index (χ2v) is 7.41. The number of aromatic nitrogens is 3. The third-order valence-electron chi connectivity index (χ3n) is 4.92. The molecular weight excluding hydrogens is 392 g/mol. The van der Waals surface area contributed by atoms with E-state index in [4.69, 9.17) is 5.73 Å². The number of nitrogen functional groups attached to an aromatic ring is 1. The van der Waals surface area contributed by atoms with Gasteiger partial charge < -0.3 is 20.9 Å². The van der Waals surface area contributed by atoms with E-state index in [2.05, 4.69) is 34.4 Å². The quantitative estimate of drug-likeness (QED) is 0.464. The molecule has 0 aliphatic rings. The molecule has 0 unspecified atom stereocenters. The molecule has 0 fully saturated rings. The highest BCUT2D eigenvalue weighted by molar-refractivity contribution is 5.99. The van der Waals surface area contributed by atoms with E-state index < -0.39 is 0 Å². The number of rotatable bonds is 4. The predicted octanol–water partition coefficient (Wildman–Crippen LogP) is 4.13. The summed E-state index contributed by atoms with van der Waals surface area (Å²) < 4.78 is 1.75. The van der Waals surface area contributed by atoms with Crippen LogP contribution in [0.2, 0.25) is 0 Å². The summed E-state index contributed by atoms with van der Waals surface area (Å²) in [6, 6.07) is 16.0. The minimum Gasteiger partial charge on any atom is -0.383 e. The first-order valence-corrected chi connectivity index (χ1v) is 9.82. The SMILES string of the molecule is CC(C)c1cccc(NC(=O)Nc2ccc(-n3ccc(=O)c4c(N)ncnc43)cc2)c1. The van der Waals surface area contributed by atoms with E-state index in [1.807, 2.05) is 36.4 Å². The zero-order valence-electron chi connectivity index (χ0n) is 17.2. The molecule has 0 atom stereocenters. The normalized spacial score (nSPS) is 10.9. The van der Waals surface area contributed by atoms with Crippen LogP contribution in [-0.4, -0.2) is 20.6 Å². The highest BCUT2D eigenvalue weighted by Crippen LogP contribution is 2.20. The molecule has 2 heterocycles. The highest BCUT2D eigenvalue weighted by atomic mass is 16.2. The van der Waals surface area contributed by atoms with Crippen molar-refractivity contribution in [3.63, 3.8) is 0 Å². The Balaban J connectivity index is 1.53. The number of carbonyl (C=O) groups is 1. The van der Waals surface area contributed by atoms with Gasteiger partial charge in [0.15, 0.2) is 11.1 Å². The van der Waals surface area contributed by atoms with Gasteiger partial charge in [0.05, 0.1) is 0 Å². The van der Waals surface area contributed by atoms with Crippen LogP contribution in [-0.2, 0) is 0 Å². The molecular formula is C23H22N6O2. The van der Waals surface area contributed by atoms with Crippen LogP contribution in [0.4, 0.5) is 22.0 Å². The molecule has 0 bridgehead atoms. The molecule has 2 aromatic heterocycles. The highest BCUT2D eigenvalue weighted by Gasteiger charge is 2.10. The lowest BCUT2D eigenvalue weighted by Crippen LogP contribution is -2.19. The number of benzene rings is 2. The van der Waals surface area contributed by atoms with Crippen molar-refractivity contribution in [1.82, 2.24) is 14.5 Å². The Hall–Kier alpha value is -4.20. The number of nitrogens with zero attached hydrogens (tertiary/aromatic N) is 3. The van der Waals surface area contributed by atoms with Crippen LogP contribution in [0.25, 0.3) is 16.7 Å². The molecule has 156 valence electrons. The molecule has 4 rings (SSSR count). The predicted molar refractivity (Wildman–Crippen MR) is 123 cm³/mol. The van der Waals surface area contributed by atoms with Gasteiger partial charge in [0, 0.05) is 29.3 Å². The molecule has 0 radical (unpaired) electrons. The minimum atomic E-state index is -0.331. The number of pyridine rings is 1. The van der Waals surface area contributed by atoms with Crippen molar-refractivity contribution in [1.29, 1.82) is 0 Å². The van der Waals surface area contributed by atoms with Gasteiger partial charge in [-0.15, -0.1) is 0 Å². The maximum absolute atomic E-state index is 12.4. The zero-order valence-corrected chi connectivity index (χ0v) is 17.2. The second kappa shape index (κ2) is 8.27. The van der Waals surface area contributed by atoms with Gasteiger partial charge in [-0.2, -0.15) is 0 Å². The van der Waals surface area contributed by atoms with E-state index in [-0.39, 0.29) is 22.7 Å². The van der Waals surface area contributed by atoms with Crippen molar-refractivity contribution in [2.45, 2.75) is 19.8 Å². The van der Waals surface area contributed by atoms with Gasteiger partial charge >= 0.3 is 6.03 Å². The fourth-order valence-corrected chi connectivity index (χ4v) is 3.29. The van der Waals surface area contributed by atoms with Gasteiger partial charge in [-0.25, -0.2) is 14.8 Å². The third kappa shape index (κ3) is 4.23. The summed E-state index contributed by atoms with van der Waals surface area (Å²) in [7, 11) is 0. The van der Waals surface area contributed by atoms with Gasteiger partial charge in [0.2, 0.25) is 0 Å². The van der Waals surface area contributed by atoms with Crippen LogP contribution >= 0.6 is 0 Å². The summed E-state index contributed by atoms with van der Waals surface area (Å²) in [4.78, 5) is 32.6. The molecule has 8 heteroatoms. The molecule has 0 spiro atoms. The number of anilines is 3. The molecule has 0 saturated carbocycles. The van der Waals surface area contributed by atoms with Crippen molar-refractivity contribution in [3.8, 4) is 5.69 Å². The summed E-state index contributed by atoms with van der Waals surface area (Å²) in [6.45, 7) is 4.21. The number of nitrogens with two attached hydrogens (primary N) is 1. The van der Waals surface area contributed by atoms with Crippen molar-refractivity contribution >= 4 is 34.3 Å². The molecule has 31 heavy (non-hydrogen) atoms. The molecule has 2 amide bonds. The Kier molecular flexibility index (Phi) is 5.36. The van der Waals surface area contributed by atoms with Crippen molar-refractivity contribution in [3.05, 3.63) is 82.9 Å². The van der Waals surface area contributed by atoms with E-state index in [9.17, 15) is 9.59 Å². The Morgan fingerprint density at radius 3 is 2.48 bits per heavy atom. The van der Waals surface area contributed by atoms with Crippen molar-refractivity contribution in [2.75, 3.05) is 16.4 Å². The maximum atomic E-state index is 12.4. The lowest BCUT2D eigenvalue weighted by atomic mass is 10.0. The van der Waals surface area contributed by atoms with Crippen LogP contribution < -0.4 is 21.8 Å². The molecule has 2 aromatic carbocycles. The van der Waals surface area contributed by atoms with Crippen LogP contribution in [0.15, 0.2) is 71.9 Å². The molecule has 4 aromatic rings. The first-order chi connectivity index (χ1) is 14.9. The second-order valence-electron chi connectivity index (χ2n) is 7.41. The van der Waals surface area contributed by atoms with E-state index in [1.165, 1.54) is 12.4 Å². The third-order valence-corrected chi connectivity index (χ3v) is 4.92. The topological polar surface area (TPSA) is 115 Å². The van der Waals surface area contributed by atoms with Crippen LogP contribution in [0.3, 0.4) is 0 Å². The van der Waals surface area contributed by atoms with Gasteiger partial charge in [-0.3, -0.25) is 4.79 Å². The van der Waals surface area contributed by atoms with E-state index in [0.717, 1.165) is 16.9 Å². The largest absolute Gasteiger partial charge is 0.383 e. The number of fused-ring (bicyclic) bond motifs is 1. The molecule has 4 N–H and O–H groups in total. The fraction of sp³-hybridized carbons (Fsp3) is 0.130. The van der Waals surface area contributed by atoms with Crippen molar-refractivity contribution < 1.29 is 4.79 Å². The van der Waals surface area contributed by atoms with Gasteiger partial charge in [0.25, 0.3) is 0 Å². The maximum Gasteiger partial charge on any atom is 0.323 e. The summed E-state index contributed by atoms with van der Waals surface area (Å²) in [5.41, 5.74) is 9.31. The van der Waals surface area contributed by atoms with Crippen LogP contribution in [0.1, 0.15) is 25.3 Å². The molecule has 0 aliphatic carbocycles. The van der Waals surface area contributed by atoms with Gasteiger partial charge in [0.1, 0.15) is 17.5 Å². The number of carbonyl (C=O) groups excluding carboxylic acids is 1. The smallest absolute Gasteiger partial charge is 0.323 e. The van der Waals surface area contributed by atoms with Gasteiger partial charge in [-0.05, 0) is 47.9 Å². The van der Waals surface area contributed by atoms with E-state index in [0.29, 0.717) is 17.3 Å². The van der Waals surface area contributed by atoms with Crippen LogP contribution in [0.5, 0.6) is 0 Å². The van der Waals surface area contributed by atoms with Crippen molar-refractivity contribution in [2.24, 2.45) is 0 Å². The lowest BCUT2D eigenvalue weighted by Gasteiger charge is -2.12. The Morgan fingerprint density at radius 2 is 1.74 bits per heavy atom. The number of urea groups is 1. The van der Waals surface area contributed by atoms with E-state index >= 15 is 0 Å². The average molecular weight is 414 g/mol. The molecule has 0 saturated heterocycles. The summed E-state index contributed by atoms with van der Waals surface area (Å²) in [5.74, 6) is 0.517. The number of amides is 2. The Labute approximate surface area is 178 Å². The Bertz CT molecular complexity index is 1310. The fourth-order valence-electron chi connectivity index (χ4n) is 3.29. The van der Waals surface area contributed by atoms with Crippen LogP contribution in [0, 0.1) is 0 Å². The first kappa shape index (κ1) is 20.1. The zero-order chi connectivity index (χ0) is 22.0. The molecule has 0 aliphatic heterocycles. The van der Waals surface area contributed by atoms with Gasteiger partial charge in [-0.1, -0.05) is 26.0 Å². The van der Waals surface area contributed by atoms with E-state index in [1.54, 1.807) is 22.9 Å². The number of hydrogen-bond acceptors (Lipinski definition) is 5. The number of nitrogens with one attached hydrogen (secondary N) is 2. The summed E-state index contributed by atoms with van der Waals surface area (Å²) in [5, 5.41) is 5.94. The molecule has 8 nitrogen and oxygen atoms in total. The summed E-state index contributed by atoms with van der Waals surface area (Å²) in [6.07, 6.45) is 2.95. The standard InChI is InChI=1S/C23H22N6O2/c1-14(2)15-4-3-5-17(12-15)28-23(31)27-16-6-8-18(9-7-16)29-11-10-19(30)20-21(24)25-13-26-22(20)29/h3-14H,1-2H3,(H2,24,25,26)(H2,27,28,31). The summed E-state index contributed by atoms with van der Waals surface area (Å²) >= 11 is 0. The first-order valence-electron chi connectivity index (χ1n) is 9.82. The average Bonchev–Trinajstić information content (AvgIpc) is 2.75. The minimum absolute atomic E-state index is 0.140. The Morgan fingerprint density at radius 1 is 1.00 bits per heavy atom. The number of hydrogen-bond donors (Lipinski definition) is 3. The lowest BCUT2D eigenvalue weighted by molar-refractivity contribution is 0.262.